The third kappa shape index (κ3) is 2.73. The van der Waals surface area contributed by atoms with Crippen molar-refractivity contribution in [2.45, 2.75) is 19.9 Å². The summed E-state index contributed by atoms with van der Waals surface area (Å²) in [6.07, 6.45) is 0.703. The van der Waals surface area contributed by atoms with Crippen LogP contribution in [0.4, 0.5) is 0 Å². The van der Waals surface area contributed by atoms with Gasteiger partial charge < -0.3 is 4.74 Å². The molecule has 1 N–H and O–H groups in total. The van der Waals surface area contributed by atoms with E-state index in [0.29, 0.717) is 18.4 Å². The van der Waals surface area contributed by atoms with Crippen molar-refractivity contribution >= 4 is 16.7 Å². The number of rotatable bonds is 4. The molecule has 2 rings (SSSR count). The fourth-order valence-electron chi connectivity index (χ4n) is 1.75. The van der Waals surface area contributed by atoms with Crippen molar-refractivity contribution in [2.24, 2.45) is 0 Å². The zero-order valence-electron chi connectivity index (χ0n) is 10.5. The van der Waals surface area contributed by atoms with Gasteiger partial charge in [-0.3, -0.25) is 19.5 Å². The van der Waals surface area contributed by atoms with E-state index >= 15 is 0 Å². The van der Waals surface area contributed by atoms with E-state index in [1.807, 2.05) is 6.92 Å². The second kappa shape index (κ2) is 5.51. The Kier molecular flexibility index (Phi) is 3.79. The topological polar surface area (TPSA) is 81.2 Å². The van der Waals surface area contributed by atoms with E-state index in [-0.39, 0.29) is 11.9 Å². The van der Waals surface area contributed by atoms with Crippen LogP contribution in [0, 0.1) is 0 Å². The van der Waals surface area contributed by atoms with Crippen LogP contribution in [0.15, 0.2) is 33.9 Å². The number of H-pyrrole nitrogens is 1. The van der Waals surface area contributed by atoms with Crippen LogP contribution in [0.25, 0.3) is 10.8 Å². The maximum absolute atomic E-state index is 12.1. The number of carbonyl (C=O) groups is 1. The number of aromatic nitrogens is 2. The molecule has 0 unspecified atom stereocenters. The van der Waals surface area contributed by atoms with E-state index in [9.17, 15) is 14.4 Å². The number of nitrogens with one attached hydrogen (secondary N) is 1. The predicted molar refractivity (Wildman–Crippen MR) is 70.1 cm³/mol. The van der Waals surface area contributed by atoms with Gasteiger partial charge in [-0.15, -0.1) is 0 Å². The fourth-order valence-corrected chi connectivity index (χ4v) is 1.75. The Morgan fingerprint density at radius 2 is 1.95 bits per heavy atom. The molecule has 0 aliphatic rings. The van der Waals surface area contributed by atoms with E-state index < -0.39 is 17.1 Å². The highest BCUT2D eigenvalue weighted by molar-refractivity contribution is 5.80. The second-order valence-corrected chi connectivity index (χ2v) is 4.10. The van der Waals surface area contributed by atoms with Crippen LogP contribution in [-0.4, -0.2) is 22.4 Å². The van der Waals surface area contributed by atoms with Crippen molar-refractivity contribution < 1.29 is 9.53 Å². The fraction of sp³-hybridized carbons (Fsp3) is 0.308. The maximum Gasteiger partial charge on any atom is 0.327 e. The van der Waals surface area contributed by atoms with E-state index in [4.69, 9.17) is 4.74 Å². The van der Waals surface area contributed by atoms with Crippen LogP contribution in [0.2, 0.25) is 0 Å². The van der Waals surface area contributed by atoms with Crippen LogP contribution < -0.4 is 11.1 Å². The number of esters is 1. The predicted octanol–water partition coefficient (Wildman–Crippen LogP) is 0.643. The molecule has 0 aliphatic heterocycles. The Balaban J connectivity index is 2.40. The van der Waals surface area contributed by atoms with E-state index in [1.54, 1.807) is 24.3 Å². The van der Waals surface area contributed by atoms with Gasteiger partial charge >= 0.3 is 5.97 Å². The van der Waals surface area contributed by atoms with Gasteiger partial charge in [0, 0.05) is 0 Å². The Bertz CT molecular complexity index is 714. The third-order valence-corrected chi connectivity index (χ3v) is 2.64. The summed E-state index contributed by atoms with van der Waals surface area (Å²) < 4.78 is 5.86. The molecule has 0 radical (unpaired) electrons. The Morgan fingerprint density at radius 1 is 1.26 bits per heavy atom. The standard InChI is InChI=1S/C13H14N2O4/c1-2-7-19-11(16)8-15-13(18)10-6-4-3-5-9(10)12(17)14-15/h3-6H,2,7-8H2,1H3,(H,14,17). The average molecular weight is 262 g/mol. The summed E-state index contributed by atoms with van der Waals surface area (Å²) in [5.74, 6) is -0.546. The molecule has 19 heavy (non-hydrogen) atoms. The zero-order chi connectivity index (χ0) is 13.8. The minimum atomic E-state index is -0.546. The zero-order valence-corrected chi connectivity index (χ0v) is 10.5. The summed E-state index contributed by atoms with van der Waals surface area (Å²) in [7, 11) is 0. The van der Waals surface area contributed by atoms with Gasteiger partial charge in [0.2, 0.25) is 0 Å². The van der Waals surface area contributed by atoms with Crippen molar-refractivity contribution in [3.63, 3.8) is 0 Å². The first-order chi connectivity index (χ1) is 9.13. The highest BCUT2D eigenvalue weighted by atomic mass is 16.5. The molecule has 0 saturated heterocycles. The van der Waals surface area contributed by atoms with Gasteiger partial charge in [0.1, 0.15) is 6.54 Å². The second-order valence-electron chi connectivity index (χ2n) is 4.10. The smallest absolute Gasteiger partial charge is 0.327 e. The normalized spacial score (nSPS) is 10.6. The Labute approximate surface area is 108 Å². The first-order valence-corrected chi connectivity index (χ1v) is 6.01. The van der Waals surface area contributed by atoms with E-state index in [0.717, 1.165) is 4.68 Å². The van der Waals surface area contributed by atoms with E-state index in [2.05, 4.69) is 5.10 Å². The number of hydrogen-bond donors (Lipinski definition) is 1. The molecule has 1 heterocycles. The van der Waals surface area contributed by atoms with Crippen LogP contribution in [-0.2, 0) is 16.1 Å². The van der Waals surface area contributed by atoms with Crippen LogP contribution in [0.1, 0.15) is 13.3 Å². The molecule has 1 aromatic carbocycles. The van der Waals surface area contributed by atoms with Gasteiger partial charge in [0.15, 0.2) is 0 Å². The van der Waals surface area contributed by atoms with Crippen molar-refractivity contribution in [2.75, 3.05) is 6.61 Å². The summed E-state index contributed by atoms with van der Waals surface area (Å²) in [4.78, 5) is 35.3. The summed E-state index contributed by atoms with van der Waals surface area (Å²) in [5.41, 5.74) is -0.817. The molecule has 6 heteroatoms. The molecule has 2 aromatic rings. The number of aromatic amines is 1. The molecular formula is C13H14N2O4. The molecule has 0 fully saturated rings. The average Bonchev–Trinajstić information content (AvgIpc) is 2.42. The molecule has 0 amide bonds. The Morgan fingerprint density at radius 3 is 2.63 bits per heavy atom. The molecule has 0 spiro atoms. The van der Waals surface area contributed by atoms with Crippen molar-refractivity contribution in [3.8, 4) is 0 Å². The van der Waals surface area contributed by atoms with Gasteiger partial charge in [-0.05, 0) is 18.6 Å². The van der Waals surface area contributed by atoms with Gasteiger partial charge in [0.25, 0.3) is 11.1 Å². The molecular weight excluding hydrogens is 248 g/mol. The first-order valence-electron chi connectivity index (χ1n) is 6.01. The summed E-state index contributed by atoms with van der Waals surface area (Å²) in [6.45, 7) is 1.88. The lowest BCUT2D eigenvalue weighted by Gasteiger charge is -2.07. The summed E-state index contributed by atoms with van der Waals surface area (Å²) >= 11 is 0. The number of ether oxygens (including phenoxy) is 1. The van der Waals surface area contributed by atoms with Crippen molar-refractivity contribution in [1.29, 1.82) is 0 Å². The van der Waals surface area contributed by atoms with Gasteiger partial charge in [-0.2, -0.15) is 0 Å². The van der Waals surface area contributed by atoms with Gasteiger partial charge in [-0.25, -0.2) is 4.68 Å². The molecule has 0 atom stereocenters. The molecule has 100 valence electrons. The number of carbonyl (C=O) groups excluding carboxylic acids is 1. The highest BCUT2D eigenvalue weighted by Crippen LogP contribution is 2.02. The van der Waals surface area contributed by atoms with Gasteiger partial charge in [-0.1, -0.05) is 19.1 Å². The van der Waals surface area contributed by atoms with Crippen LogP contribution in [0.3, 0.4) is 0 Å². The van der Waals surface area contributed by atoms with Crippen LogP contribution >= 0.6 is 0 Å². The molecule has 6 nitrogen and oxygen atoms in total. The third-order valence-electron chi connectivity index (χ3n) is 2.64. The number of nitrogens with zero attached hydrogens (tertiary/aromatic N) is 1. The highest BCUT2D eigenvalue weighted by Gasteiger charge is 2.10. The lowest BCUT2D eigenvalue weighted by atomic mass is 10.2. The minimum Gasteiger partial charge on any atom is -0.464 e. The Hall–Kier alpha value is -2.37. The number of benzene rings is 1. The lowest BCUT2D eigenvalue weighted by Crippen LogP contribution is -2.32. The summed E-state index contributed by atoms with van der Waals surface area (Å²) in [6, 6.07) is 6.47. The van der Waals surface area contributed by atoms with Gasteiger partial charge in [0.05, 0.1) is 17.4 Å². The summed E-state index contributed by atoms with van der Waals surface area (Å²) in [5, 5.41) is 2.97. The monoisotopic (exact) mass is 262 g/mol. The van der Waals surface area contributed by atoms with Crippen LogP contribution in [0.5, 0.6) is 0 Å². The number of fused-ring (bicyclic) bond motifs is 1. The number of hydrogen-bond acceptors (Lipinski definition) is 4. The maximum atomic E-state index is 12.1. The van der Waals surface area contributed by atoms with Crippen molar-refractivity contribution in [1.82, 2.24) is 9.78 Å². The molecule has 1 aromatic heterocycles. The molecule has 0 saturated carbocycles. The molecule has 0 aliphatic carbocycles. The van der Waals surface area contributed by atoms with E-state index in [1.165, 1.54) is 0 Å². The first kappa shape index (κ1) is 13.1. The largest absolute Gasteiger partial charge is 0.464 e. The molecule has 0 bridgehead atoms. The quantitative estimate of drug-likeness (QED) is 0.820. The van der Waals surface area contributed by atoms with Crippen molar-refractivity contribution in [3.05, 3.63) is 45.0 Å². The SMILES string of the molecule is CCCOC(=O)Cn1[nH]c(=O)c2ccccc2c1=O. The lowest BCUT2D eigenvalue weighted by molar-refractivity contribution is -0.144. The minimum absolute atomic E-state index is 0.287.